The lowest BCUT2D eigenvalue weighted by Gasteiger charge is -2.34. The van der Waals surface area contributed by atoms with Gasteiger partial charge in [0.05, 0.1) is 18.3 Å². The number of nitrogens with zero attached hydrogens (tertiary/aromatic N) is 4. The number of hydrogen-bond acceptors (Lipinski definition) is 5. The number of pyridine rings is 1. The molecule has 1 amide bonds. The average Bonchev–Trinajstić information content (AvgIpc) is 3.38. The van der Waals surface area contributed by atoms with Crippen LogP contribution in [-0.4, -0.2) is 51.6 Å². The van der Waals surface area contributed by atoms with E-state index in [1.165, 1.54) is 5.69 Å². The Hall–Kier alpha value is -3.09. The van der Waals surface area contributed by atoms with Gasteiger partial charge in [0.15, 0.2) is 0 Å². The van der Waals surface area contributed by atoms with Crippen molar-refractivity contribution in [2.24, 2.45) is 0 Å². The monoisotopic (exact) mass is 434 g/mol. The smallest absolute Gasteiger partial charge is 0.410 e. The second kappa shape index (κ2) is 7.50. The van der Waals surface area contributed by atoms with Crippen LogP contribution >= 0.6 is 0 Å². The number of carbonyl (C=O) groups is 1. The normalized spacial score (nSPS) is 20.6. The summed E-state index contributed by atoms with van der Waals surface area (Å²) in [5.41, 5.74) is 3.52. The predicted molar refractivity (Wildman–Crippen MR) is 123 cm³/mol. The zero-order valence-corrected chi connectivity index (χ0v) is 19.2. The molecule has 2 aliphatic heterocycles. The molecule has 1 saturated heterocycles. The van der Waals surface area contributed by atoms with Crippen LogP contribution in [0.3, 0.4) is 0 Å². The third-order valence-corrected chi connectivity index (χ3v) is 6.54. The minimum absolute atomic E-state index is 0.0616. The van der Waals surface area contributed by atoms with Gasteiger partial charge in [-0.2, -0.15) is 5.10 Å². The van der Waals surface area contributed by atoms with E-state index in [2.05, 4.69) is 21.8 Å². The van der Waals surface area contributed by atoms with Gasteiger partial charge in [0, 0.05) is 47.9 Å². The molecular formula is C25H30N4O3. The first-order valence-electron chi connectivity index (χ1n) is 11.3. The van der Waals surface area contributed by atoms with Gasteiger partial charge < -0.3 is 14.4 Å². The van der Waals surface area contributed by atoms with Crippen molar-refractivity contribution in [3.05, 3.63) is 42.2 Å². The number of aryl methyl sites for hydroxylation is 1. The molecule has 1 unspecified atom stereocenters. The highest BCUT2D eigenvalue weighted by atomic mass is 16.6. The molecule has 0 radical (unpaired) electrons. The fraction of sp³-hybridized carbons (Fsp3) is 0.480. The van der Waals surface area contributed by atoms with Crippen LogP contribution in [0, 0.1) is 0 Å². The number of likely N-dealkylation sites (tertiary alicyclic amines) is 1. The maximum absolute atomic E-state index is 12.7. The Morgan fingerprint density at radius 1 is 1.12 bits per heavy atom. The molecule has 2 aromatic heterocycles. The topological polar surface area (TPSA) is 69.5 Å². The van der Waals surface area contributed by atoms with Gasteiger partial charge in [-0.3, -0.25) is 9.67 Å². The molecule has 3 aromatic rings. The van der Waals surface area contributed by atoms with Crippen molar-refractivity contribution in [1.82, 2.24) is 19.7 Å². The Bertz CT molecular complexity index is 1180. The van der Waals surface area contributed by atoms with Gasteiger partial charge in [-0.25, -0.2) is 4.79 Å². The molecule has 1 fully saturated rings. The second-order valence-corrected chi connectivity index (χ2v) is 9.96. The Balaban J connectivity index is 1.45. The predicted octanol–water partition coefficient (Wildman–Crippen LogP) is 4.78. The summed E-state index contributed by atoms with van der Waals surface area (Å²) < 4.78 is 13.1. The number of amides is 1. The highest BCUT2D eigenvalue weighted by molar-refractivity contribution is 5.84. The van der Waals surface area contributed by atoms with E-state index < -0.39 is 5.60 Å². The maximum atomic E-state index is 12.7. The number of benzene rings is 1. The van der Waals surface area contributed by atoms with Gasteiger partial charge in [0.2, 0.25) is 0 Å². The fourth-order valence-electron chi connectivity index (χ4n) is 5.00. The molecular weight excluding hydrogens is 404 g/mol. The lowest BCUT2D eigenvalue weighted by molar-refractivity contribution is 0.0280. The molecule has 7 nitrogen and oxygen atoms in total. The maximum Gasteiger partial charge on any atom is 0.410 e. The van der Waals surface area contributed by atoms with Gasteiger partial charge in [-0.05, 0) is 70.4 Å². The van der Waals surface area contributed by atoms with Crippen molar-refractivity contribution >= 4 is 17.0 Å². The Morgan fingerprint density at radius 3 is 2.75 bits per heavy atom. The summed E-state index contributed by atoms with van der Waals surface area (Å²) >= 11 is 0. The minimum Gasteiger partial charge on any atom is -0.497 e. The second-order valence-electron chi connectivity index (χ2n) is 9.96. The summed E-state index contributed by atoms with van der Waals surface area (Å²) in [6.07, 6.45) is 4.72. The van der Waals surface area contributed by atoms with E-state index >= 15 is 0 Å². The van der Waals surface area contributed by atoms with E-state index in [1.54, 1.807) is 7.11 Å². The van der Waals surface area contributed by atoms with Crippen molar-refractivity contribution in [1.29, 1.82) is 0 Å². The summed E-state index contributed by atoms with van der Waals surface area (Å²) in [5, 5.41) is 5.96. The van der Waals surface area contributed by atoms with Gasteiger partial charge in [0.1, 0.15) is 11.4 Å². The number of methoxy groups -OCH3 is 1. The molecule has 0 N–H and O–H groups in total. The number of carbonyl (C=O) groups excluding carboxylic acids is 1. The van der Waals surface area contributed by atoms with Gasteiger partial charge in [-0.15, -0.1) is 0 Å². The highest BCUT2D eigenvalue weighted by Gasteiger charge is 2.46. The van der Waals surface area contributed by atoms with Crippen molar-refractivity contribution < 1.29 is 14.3 Å². The van der Waals surface area contributed by atoms with Crippen molar-refractivity contribution in [2.45, 2.75) is 57.6 Å². The molecule has 5 rings (SSSR count). The number of rotatable bonds is 2. The summed E-state index contributed by atoms with van der Waals surface area (Å²) in [6.45, 7) is 8.02. The molecule has 0 saturated carbocycles. The molecule has 2 aliphatic rings. The lowest BCUT2D eigenvalue weighted by atomic mass is 9.77. The Morgan fingerprint density at radius 2 is 1.97 bits per heavy atom. The van der Waals surface area contributed by atoms with Gasteiger partial charge in [0.25, 0.3) is 0 Å². The van der Waals surface area contributed by atoms with E-state index in [0.717, 1.165) is 53.7 Å². The molecule has 32 heavy (non-hydrogen) atoms. The average molecular weight is 435 g/mol. The number of fused-ring (bicyclic) bond motifs is 3. The minimum atomic E-state index is -0.486. The Labute approximate surface area is 188 Å². The van der Waals surface area contributed by atoms with Crippen LogP contribution in [0.2, 0.25) is 0 Å². The molecule has 1 aromatic carbocycles. The molecule has 168 valence electrons. The van der Waals surface area contributed by atoms with Crippen LogP contribution in [0.15, 0.2) is 36.5 Å². The Kier molecular flexibility index (Phi) is 4.87. The van der Waals surface area contributed by atoms with E-state index in [9.17, 15) is 4.79 Å². The zero-order valence-electron chi connectivity index (χ0n) is 19.2. The first-order valence-corrected chi connectivity index (χ1v) is 11.3. The van der Waals surface area contributed by atoms with Crippen LogP contribution < -0.4 is 4.74 Å². The summed E-state index contributed by atoms with van der Waals surface area (Å²) in [6, 6.07) is 10.2. The van der Waals surface area contributed by atoms with Gasteiger partial charge >= 0.3 is 6.09 Å². The van der Waals surface area contributed by atoms with E-state index in [1.807, 2.05) is 50.1 Å². The van der Waals surface area contributed by atoms with Crippen molar-refractivity contribution in [2.75, 3.05) is 20.2 Å². The summed E-state index contributed by atoms with van der Waals surface area (Å²) in [4.78, 5) is 19.1. The first-order chi connectivity index (χ1) is 15.3. The third-order valence-electron chi connectivity index (χ3n) is 6.54. The van der Waals surface area contributed by atoms with Crippen LogP contribution in [0.1, 0.15) is 45.7 Å². The SMILES string of the molecule is COc1ccc2ncc(-c3cc4n(n3)CCCC43CCN(C(=O)OC(C)(C)C)C3)cc2c1. The quantitative estimate of drug-likeness (QED) is 0.581. The van der Waals surface area contributed by atoms with Crippen molar-refractivity contribution in [3.63, 3.8) is 0 Å². The number of aromatic nitrogens is 3. The zero-order chi connectivity index (χ0) is 22.5. The van der Waals surface area contributed by atoms with E-state index in [4.69, 9.17) is 14.6 Å². The molecule has 1 spiro atoms. The number of hydrogen-bond donors (Lipinski definition) is 0. The van der Waals surface area contributed by atoms with E-state index in [0.29, 0.717) is 13.1 Å². The largest absolute Gasteiger partial charge is 0.497 e. The summed E-state index contributed by atoms with van der Waals surface area (Å²) in [5.74, 6) is 0.813. The lowest BCUT2D eigenvalue weighted by Crippen LogP contribution is -2.40. The van der Waals surface area contributed by atoms with Crippen molar-refractivity contribution in [3.8, 4) is 17.0 Å². The fourth-order valence-corrected chi connectivity index (χ4v) is 5.00. The molecule has 0 aliphatic carbocycles. The van der Waals surface area contributed by atoms with E-state index in [-0.39, 0.29) is 11.5 Å². The standard InChI is InChI=1S/C25H30N4O3/c1-24(2,3)32-23(30)28-11-9-25(16-28)8-5-10-29-22(25)14-21(27-29)18-12-17-13-19(31-4)6-7-20(17)26-15-18/h6-7,12-15H,5,8-11,16H2,1-4H3. The van der Waals surface area contributed by atoms with Crippen LogP contribution in [0.25, 0.3) is 22.2 Å². The highest BCUT2D eigenvalue weighted by Crippen LogP contribution is 2.43. The first kappa shape index (κ1) is 20.8. The molecule has 1 atom stereocenters. The number of ether oxygens (including phenoxy) is 2. The molecule has 4 heterocycles. The summed E-state index contributed by atoms with van der Waals surface area (Å²) in [7, 11) is 1.67. The van der Waals surface area contributed by atoms with Crippen LogP contribution in [-0.2, 0) is 16.7 Å². The van der Waals surface area contributed by atoms with Crippen LogP contribution in [0.4, 0.5) is 4.79 Å². The third kappa shape index (κ3) is 3.70. The van der Waals surface area contributed by atoms with Crippen LogP contribution in [0.5, 0.6) is 5.75 Å². The molecule has 0 bridgehead atoms. The van der Waals surface area contributed by atoms with Gasteiger partial charge in [-0.1, -0.05) is 0 Å². The molecule has 7 heteroatoms.